The molecule has 0 aliphatic carbocycles. The molecule has 0 radical (unpaired) electrons. The van der Waals surface area contributed by atoms with Crippen LogP contribution in [0.15, 0.2) is 72.2 Å². The van der Waals surface area contributed by atoms with Gasteiger partial charge in [0, 0.05) is 43.8 Å². The first kappa shape index (κ1) is 22.0. The molecule has 1 aromatic carbocycles. The van der Waals surface area contributed by atoms with Gasteiger partial charge in [-0.25, -0.2) is 15.0 Å². The van der Waals surface area contributed by atoms with Gasteiger partial charge in [-0.05, 0) is 31.2 Å². The molecular weight excluding hydrogens is 444 g/mol. The van der Waals surface area contributed by atoms with E-state index in [4.69, 9.17) is 10.7 Å². The van der Waals surface area contributed by atoms with E-state index in [0.717, 1.165) is 5.56 Å². The minimum atomic E-state index is -0.229. The smallest absolute Gasteiger partial charge is 0.229 e. The van der Waals surface area contributed by atoms with Crippen molar-refractivity contribution >= 4 is 34.3 Å². The van der Waals surface area contributed by atoms with Crippen molar-refractivity contribution in [3.63, 3.8) is 0 Å². The van der Waals surface area contributed by atoms with Gasteiger partial charge in [0.15, 0.2) is 5.82 Å². The number of aryl methyl sites for hydroxylation is 1. The zero-order chi connectivity index (χ0) is 24.5. The summed E-state index contributed by atoms with van der Waals surface area (Å²) in [6.45, 7) is 3.94. The van der Waals surface area contributed by atoms with Gasteiger partial charge in [0.1, 0.15) is 22.9 Å². The van der Waals surface area contributed by atoms with E-state index in [0.29, 0.717) is 52.0 Å². The van der Waals surface area contributed by atoms with Crippen molar-refractivity contribution in [1.82, 2.24) is 29.5 Å². The number of fused-ring (bicyclic) bond motifs is 1. The van der Waals surface area contributed by atoms with Gasteiger partial charge in [0.2, 0.25) is 11.3 Å². The van der Waals surface area contributed by atoms with Crippen molar-refractivity contribution < 1.29 is 4.79 Å². The highest BCUT2D eigenvalue weighted by Gasteiger charge is 2.19. The quantitative estimate of drug-likeness (QED) is 0.404. The van der Waals surface area contributed by atoms with Gasteiger partial charge in [-0.15, -0.1) is 0 Å². The number of hydrogen-bond acceptors (Lipinski definition) is 7. The topological polar surface area (TPSA) is 136 Å². The van der Waals surface area contributed by atoms with Crippen molar-refractivity contribution in [2.45, 2.75) is 20.4 Å². The summed E-state index contributed by atoms with van der Waals surface area (Å²) in [5, 5.41) is 0.457. The summed E-state index contributed by atoms with van der Waals surface area (Å²) in [5.74, 6) is 0.985. The summed E-state index contributed by atoms with van der Waals surface area (Å²) >= 11 is 0. The molecule has 174 valence electrons. The molecule has 0 saturated carbocycles. The summed E-state index contributed by atoms with van der Waals surface area (Å²) in [6, 6.07) is 10.9. The van der Waals surface area contributed by atoms with Crippen LogP contribution in [-0.2, 0) is 11.3 Å². The van der Waals surface area contributed by atoms with Gasteiger partial charge in [-0.1, -0.05) is 12.1 Å². The molecule has 0 spiro atoms. The van der Waals surface area contributed by atoms with Gasteiger partial charge >= 0.3 is 0 Å². The number of benzene rings is 1. The van der Waals surface area contributed by atoms with E-state index in [9.17, 15) is 9.59 Å². The average Bonchev–Trinajstić information content (AvgIpc) is 3.40. The standard InChI is InChI=1S/C25H22N8O2/c1-3-32-23(26)21(24-29-12-13-30-24)22(35)18-8-9-19(31-25(18)32)16-4-6-17(7-5-16)33(15(2)34)20-14-27-10-11-28-20/h4-14H,3,26H2,1-2H3,(H,29,30). The van der Waals surface area contributed by atoms with Crippen molar-refractivity contribution in [3.8, 4) is 22.6 Å². The number of rotatable bonds is 5. The van der Waals surface area contributed by atoms with E-state index in [-0.39, 0.29) is 11.3 Å². The molecule has 5 aromatic rings. The summed E-state index contributed by atoms with van der Waals surface area (Å²) < 4.78 is 1.80. The van der Waals surface area contributed by atoms with Crippen LogP contribution in [0.4, 0.5) is 17.3 Å². The molecule has 0 fully saturated rings. The zero-order valence-corrected chi connectivity index (χ0v) is 19.1. The zero-order valence-electron chi connectivity index (χ0n) is 19.1. The van der Waals surface area contributed by atoms with E-state index in [1.54, 1.807) is 35.3 Å². The highest BCUT2D eigenvalue weighted by Crippen LogP contribution is 2.29. The first-order valence-corrected chi connectivity index (χ1v) is 11.0. The van der Waals surface area contributed by atoms with Gasteiger partial charge < -0.3 is 15.3 Å². The molecule has 3 N–H and O–H groups in total. The lowest BCUT2D eigenvalue weighted by Gasteiger charge is -2.20. The molecule has 4 heterocycles. The second-order valence-corrected chi connectivity index (χ2v) is 7.80. The number of aromatic nitrogens is 6. The predicted molar refractivity (Wildman–Crippen MR) is 134 cm³/mol. The Morgan fingerprint density at radius 3 is 2.51 bits per heavy atom. The van der Waals surface area contributed by atoms with E-state index < -0.39 is 0 Å². The normalized spacial score (nSPS) is 11.0. The third-order valence-corrected chi connectivity index (χ3v) is 5.72. The number of nitrogen functional groups attached to an aromatic ring is 1. The fourth-order valence-corrected chi connectivity index (χ4v) is 4.11. The van der Waals surface area contributed by atoms with Crippen LogP contribution >= 0.6 is 0 Å². The summed E-state index contributed by atoms with van der Waals surface area (Å²) in [6.07, 6.45) is 7.85. The van der Waals surface area contributed by atoms with Crippen LogP contribution in [0.25, 0.3) is 33.7 Å². The Labute approximate surface area is 200 Å². The Bertz CT molecular complexity index is 1580. The van der Waals surface area contributed by atoms with Crippen LogP contribution < -0.4 is 16.1 Å². The molecule has 0 atom stereocenters. The lowest BCUT2D eigenvalue weighted by Crippen LogP contribution is -2.23. The van der Waals surface area contributed by atoms with Gasteiger partial charge in [0.25, 0.3) is 0 Å². The fourth-order valence-electron chi connectivity index (χ4n) is 4.11. The molecule has 10 heteroatoms. The molecule has 0 unspecified atom stereocenters. The summed E-state index contributed by atoms with van der Waals surface area (Å²) in [5.41, 5.74) is 9.14. The first-order chi connectivity index (χ1) is 17.0. The van der Waals surface area contributed by atoms with Crippen LogP contribution in [0, 0.1) is 0 Å². The number of nitrogens with two attached hydrogens (primary N) is 1. The number of amides is 1. The third kappa shape index (κ3) is 3.80. The van der Waals surface area contributed by atoms with Gasteiger partial charge in [-0.3, -0.25) is 19.5 Å². The van der Waals surface area contributed by atoms with Crippen molar-refractivity contribution in [2.24, 2.45) is 0 Å². The third-order valence-electron chi connectivity index (χ3n) is 5.72. The number of carbonyl (C=O) groups excluding carboxylic acids is 1. The number of carbonyl (C=O) groups is 1. The molecule has 0 aliphatic heterocycles. The molecule has 1 amide bonds. The fraction of sp³-hybridized carbons (Fsp3) is 0.120. The first-order valence-electron chi connectivity index (χ1n) is 11.0. The number of pyridine rings is 2. The molecule has 0 bridgehead atoms. The molecular formula is C25H22N8O2. The maximum absolute atomic E-state index is 13.2. The van der Waals surface area contributed by atoms with Crippen molar-refractivity contribution in [1.29, 1.82) is 0 Å². The summed E-state index contributed by atoms with van der Waals surface area (Å²) in [7, 11) is 0. The van der Waals surface area contributed by atoms with Crippen LogP contribution in [0.2, 0.25) is 0 Å². The van der Waals surface area contributed by atoms with Crippen LogP contribution in [0.5, 0.6) is 0 Å². The lowest BCUT2D eigenvalue weighted by molar-refractivity contribution is -0.115. The summed E-state index contributed by atoms with van der Waals surface area (Å²) in [4.78, 5) is 47.2. The molecule has 4 aromatic heterocycles. The Balaban J connectivity index is 1.59. The Kier molecular flexibility index (Phi) is 5.54. The maximum Gasteiger partial charge on any atom is 0.229 e. The number of hydrogen-bond donors (Lipinski definition) is 2. The SMILES string of the molecule is CCn1c(N)c(-c2ncc[nH]2)c(=O)c2ccc(-c3ccc(N(C(C)=O)c4cnccn4)cc3)nc21. The molecule has 0 aliphatic rings. The molecule has 0 saturated heterocycles. The van der Waals surface area contributed by atoms with Crippen LogP contribution in [-0.4, -0.2) is 35.4 Å². The number of aromatic amines is 1. The monoisotopic (exact) mass is 466 g/mol. The largest absolute Gasteiger partial charge is 0.384 e. The Morgan fingerprint density at radius 1 is 1.09 bits per heavy atom. The Morgan fingerprint density at radius 2 is 1.89 bits per heavy atom. The predicted octanol–water partition coefficient (Wildman–Crippen LogP) is 3.53. The maximum atomic E-state index is 13.2. The van der Waals surface area contributed by atoms with Gasteiger partial charge in [-0.2, -0.15) is 0 Å². The average molecular weight is 467 g/mol. The number of nitrogens with zero attached hydrogens (tertiary/aromatic N) is 6. The van der Waals surface area contributed by atoms with Crippen molar-refractivity contribution in [3.05, 3.63) is 77.6 Å². The van der Waals surface area contributed by atoms with Crippen LogP contribution in [0.3, 0.4) is 0 Å². The molecule has 10 nitrogen and oxygen atoms in total. The number of nitrogens with one attached hydrogen (secondary N) is 1. The number of H-pyrrole nitrogens is 1. The highest BCUT2D eigenvalue weighted by molar-refractivity contribution is 5.98. The second-order valence-electron chi connectivity index (χ2n) is 7.80. The van der Waals surface area contributed by atoms with E-state index >= 15 is 0 Å². The highest BCUT2D eigenvalue weighted by atomic mass is 16.2. The number of anilines is 3. The minimum absolute atomic E-state index is 0.183. The van der Waals surface area contributed by atoms with Crippen molar-refractivity contribution in [2.75, 3.05) is 10.6 Å². The van der Waals surface area contributed by atoms with Crippen LogP contribution in [0.1, 0.15) is 13.8 Å². The number of imidazole rings is 1. The minimum Gasteiger partial charge on any atom is -0.384 e. The second kappa shape index (κ2) is 8.82. The van der Waals surface area contributed by atoms with E-state index in [1.165, 1.54) is 24.2 Å². The molecule has 35 heavy (non-hydrogen) atoms. The van der Waals surface area contributed by atoms with E-state index in [2.05, 4.69) is 19.9 Å². The molecule has 5 rings (SSSR count). The van der Waals surface area contributed by atoms with Gasteiger partial charge in [0.05, 0.1) is 23.0 Å². The van der Waals surface area contributed by atoms with E-state index in [1.807, 2.05) is 31.2 Å². The lowest BCUT2D eigenvalue weighted by atomic mass is 10.1. The Hall–Kier alpha value is -4.86.